The lowest BCUT2D eigenvalue weighted by Crippen LogP contribution is -2.46. The quantitative estimate of drug-likeness (QED) is 0.190. The first-order valence-electron chi connectivity index (χ1n) is 6.24. The maximum Gasteiger partial charge on any atom is 0.294 e. The molecule has 0 unspecified atom stereocenters. The van der Waals surface area contributed by atoms with E-state index >= 15 is 0 Å². The third-order valence-electron chi connectivity index (χ3n) is 2.79. The van der Waals surface area contributed by atoms with Gasteiger partial charge >= 0.3 is 0 Å². The lowest BCUT2D eigenvalue weighted by Gasteiger charge is -2.23. The van der Waals surface area contributed by atoms with E-state index in [-0.39, 0.29) is 11.4 Å². The van der Waals surface area contributed by atoms with E-state index in [9.17, 15) is 25.4 Å². The minimum atomic E-state index is -1.79. The zero-order valence-corrected chi connectivity index (χ0v) is 11.4. The van der Waals surface area contributed by atoms with E-state index in [1.807, 2.05) is 0 Å². The van der Waals surface area contributed by atoms with Gasteiger partial charge in [0.15, 0.2) is 0 Å². The van der Waals surface area contributed by atoms with E-state index in [0.717, 1.165) is 6.21 Å². The lowest BCUT2D eigenvalue weighted by atomic mass is 10.0. The van der Waals surface area contributed by atoms with Crippen LogP contribution in [0, 0.1) is 10.1 Å². The second kappa shape index (κ2) is 8.36. The van der Waals surface area contributed by atoms with Crippen LogP contribution in [0.3, 0.4) is 0 Å². The number of nitrogens with zero attached hydrogens (tertiary/aromatic N) is 2. The molecule has 0 aromatic heterocycles. The Morgan fingerprint density at radius 2 is 1.86 bits per heavy atom. The zero-order valence-electron chi connectivity index (χ0n) is 11.4. The summed E-state index contributed by atoms with van der Waals surface area (Å²) in [4.78, 5) is 10.1. The summed E-state index contributed by atoms with van der Waals surface area (Å²) >= 11 is 0. The van der Waals surface area contributed by atoms with Crippen LogP contribution in [-0.2, 0) is 0 Å². The van der Waals surface area contributed by atoms with Crippen molar-refractivity contribution in [3.05, 3.63) is 34.4 Å². The highest BCUT2D eigenvalue weighted by atomic mass is 16.6. The van der Waals surface area contributed by atoms with Gasteiger partial charge in [0.1, 0.15) is 30.1 Å². The molecule has 0 bridgehead atoms. The minimum Gasteiger partial charge on any atom is -0.394 e. The number of nitro groups is 1. The largest absolute Gasteiger partial charge is 0.394 e. The number of rotatable bonds is 8. The van der Waals surface area contributed by atoms with Crippen LogP contribution in [-0.4, -0.2) is 67.7 Å². The van der Waals surface area contributed by atoms with Crippen LogP contribution >= 0.6 is 0 Å². The Labute approximate surface area is 125 Å². The molecule has 0 aliphatic heterocycles. The van der Waals surface area contributed by atoms with Crippen LogP contribution in [0.2, 0.25) is 0 Å². The van der Waals surface area contributed by atoms with Crippen LogP contribution in [0.15, 0.2) is 29.4 Å². The number of aliphatic hydroxyl groups excluding tert-OH is 5. The monoisotopic (exact) mass is 315 g/mol. The van der Waals surface area contributed by atoms with Gasteiger partial charge in [-0.05, 0) is 6.07 Å². The normalized spacial score (nSPS) is 17.0. The van der Waals surface area contributed by atoms with E-state index in [1.54, 1.807) is 0 Å². The highest BCUT2D eigenvalue weighted by molar-refractivity contribution is 5.67. The fourth-order valence-electron chi connectivity index (χ4n) is 1.54. The van der Waals surface area contributed by atoms with Gasteiger partial charge in [0.05, 0.1) is 17.7 Å². The molecule has 10 heteroatoms. The smallest absolute Gasteiger partial charge is 0.294 e. The lowest BCUT2D eigenvalue weighted by molar-refractivity contribution is -0.384. The molecular weight excluding hydrogens is 298 g/mol. The highest BCUT2D eigenvalue weighted by Crippen LogP contribution is 2.22. The third-order valence-corrected chi connectivity index (χ3v) is 2.79. The maximum absolute atomic E-state index is 10.8. The average molecular weight is 315 g/mol. The van der Waals surface area contributed by atoms with Gasteiger partial charge < -0.3 is 25.5 Å². The highest BCUT2D eigenvalue weighted by Gasteiger charge is 2.29. The molecule has 0 aliphatic carbocycles. The fourth-order valence-corrected chi connectivity index (χ4v) is 1.54. The fraction of sp³-hybridized carbons (Fsp3) is 0.417. The van der Waals surface area contributed by atoms with Crippen LogP contribution in [0.1, 0.15) is 0 Å². The number of hydrogen-bond donors (Lipinski definition) is 6. The Morgan fingerprint density at radius 3 is 2.45 bits per heavy atom. The van der Waals surface area contributed by atoms with E-state index in [1.165, 1.54) is 24.3 Å². The number of benzene rings is 1. The van der Waals surface area contributed by atoms with Crippen molar-refractivity contribution in [2.75, 3.05) is 12.0 Å². The summed E-state index contributed by atoms with van der Waals surface area (Å²) in [7, 11) is 0. The molecule has 0 spiro atoms. The number of hydrazone groups is 1. The van der Waals surface area contributed by atoms with E-state index < -0.39 is 35.9 Å². The molecule has 1 rings (SSSR count). The number of para-hydroxylation sites is 2. The van der Waals surface area contributed by atoms with Crippen molar-refractivity contribution < 1.29 is 30.5 Å². The van der Waals surface area contributed by atoms with Crippen molar-refractivity contribution in [3.8, 4) is 0 Å². The summed E-state index contributed by atoms with van der Waals surface area (Å²) in [5.41, 5.74) is 2.17. The third kappa shape index (κ3) is 4.72. The molecule has 0 amide bonds. The molecule has 1 aromatic carbocycles. The number of nitro benzene ring substituents is 1. The van der Waals surface area contributed by atoms with Gasteiger partial charge in [-0.25, -0.2) is 0 Å². The average Bonchev–Trinajstić information content (AvgIpc) is 2.52. The molecule has 0 aliphatic rings. The Morgan fingerprint density at radius 1 is 1.23 bits per heavy atom. The summed E-state index contributed by atoms with van der Waals surface area (Å²) in [6.45, 7) is -0.795. The molecular formula is C12H17N3O7. The summed E-state index contributed by atoms with van der Waals surface area (Å²) in [5, 5.41) is 60.6. The van der Waals surface area contributed by atoms with Crippen molar-refractivity contribution in [2.45, 2.75) is 24.4 Å². The van der Waals surface area contributed by atoms with Crippen molar-refractivity contribution >= 4 is 17.6 Å². The Hall–Kier alpha value is -2.11. The second-order valence-corrected chi connectivity index (χ2v) is 4.39. The van der Waals surface area contributed by atoms with Gasteiger partial charge in [-0.15, -0.1) is 0 Å². The van der Waals surface area contributed by atoms with Crippen LogP contribution in [0.4, 0.5) is 11.4 Å². The minimum absolute atomic E-state index is 0.0707. The molecule has 0 saturated heterocycles. The first-order chi connectivity index (χ1) is 10.4. The standard InChI is InChI=1S/C12H17N3O7/c16-6-10(18)12(20)11(19)9(17)5-13-14-7-3-1-2-4-8(7)15(21)22/h1-5,9-12,14,16-20H,6H2/b13-5-/t9-,10+,11+,12-/m0/s1. The topological polar surface area (TPSA) is 169 Å². The molecule has 10 nitrogen and oxygen atoms in total. The molecule has 6 N–H and O–H groups in total. The Kier molecular flexibility index (Phi) is 6.82. The number of anilines is 1. The first-order valence-corrected chi connectivity index (χ1v) is 6.24. The summed E-state index contributed by atoms with van der Waals surface area (Å²) < 4.78 is 0. The SMILES string of the molecule is O=[N+]([O-])c1ccccc1N/N=C\[C@H](O)[C@@H](O)[C@@H](O)[C@H](O)CO. The van der Waals surface area contributed by atoms with Crippen LogP contribution < -0.4 is 5.43 Å². The van der Waals surface area contributed by atoms with Gasteiger partial charge in [-0.1, -0.05) is 12.1 Å². The van der Waals surface area contributed by atoms with E-state index in [4.69, 9.17) is 10.2 Å². The maximum atomic E-state index is 10.8. The predicted octanol–water partition coefficient (Wildman–Crippen LogP) is -1.57. The van der Waals surface area contributed by atoms with Gasteiger partial charge in [-0.2, -0.15) is 5.10 Å². The summed E-state index contributed by atoms with van der Waals surface area (Å²) in [6, 6.07) is 5.66. The Bertz CT molecular complexity index is 525. The van der Waals surface area contributed by atoms with E-state index in [2.05, 4.69) is 10.5 Å². The van der Waals surface area contributed by atoms with Crippen molar-refractivity contribution in [2.24, 2.45) is 5.10 Å². The van der Waals surface area contributed by atoms with Crippen molar-refractivity contribution in [3.63, 3.8) is 0 Å². The predicted molar refractivity (Wildman–Crippen MR) is 76.3 cm³/mol. The summed E-state index contributed by atoms with van der Waals surface area (Å²) in [5.74, 6) is 0. The van der Waals surface area contributed by atoms with E-state index in [0.29, 0.717) is 0 Å². The van der Waals surface area contributed by atoms with Crippen molar-refractivity contribution in [1.29, 1.82) is 0 Å². The number of hydrogen-bond acceptors (Lipinski definition) is 9. The van der Waals surface area contributed by atoms with Gasteiger partial charge in [-0.3, -0.25) is 15.5 Å². The molecule has 22 heavy (non-hydrogen) atoms. The van der Waals surface area contributed by atoms with Crippen molar-refractivity contribution in [1.82, 2.24) is 0 Å². The zero-order chi connectivity index (χ0) is 16.7. The van der Waals surface area contributed by atoms with Crippen LogP contribution in [0.25, 0.3) is 0 Å². The Balaban J connectivity index is 2.68. The molecule has 0 radical (unpaired) electrons. The number of aliphatic hydroxyl groups is 5. The molecule has 0 heterocycles. The van der Waals surface area contributed by atoms with Gasteiger partial charge in [0.25, 0.3) is 5.69 Å². The molecule has 122 valence electrons. The van der Waals surface area contributed by atoms with Gasteiger partial charge in [0.2, 0.25) is 0 Å². The summed E-state index contributed by atoms with van der Waals surface area (Å²) in [6.07, 6.45) is -6.06. The first kappa shape index (κ1) is 17.9. The number of nitrogens with one attached hydrogen (secondary N) is 1. The molecule has 0 fully saturated rings. The van der Waals surface area contributed by atoms with Gasteiger partial charge in [0, 0.05) is 6.07 Å². The van der Waals surface area contributed by atoms with Crippen LogP contribution in [0.5, 0.6) is 0 Å². The molecule has 1 aromatic rings. The second-order valence-electron chi connectivity index (χ2n) is 4.39. The molecule has 0 saturated carbocycles. The molecule has 4 atom stereocenters.